The van der Waals surface area contributed by atoms with E-state index >= 15 is 0 Å². The number of hydrogen-bond acceptors (Lipinski definition) is 6. The third-order valence-corrected chi connectivity index (χ3v) is 5.59. The molecule has 1 N–H and O–H groups in total. The van der Waals surface area contributed by atoms with Crippen molar-refractivity contribution < 1.29 is 18.1 Å². The number of nitrogens with one attached hydrogen (secondary N) is 1. The predicted molar refractivity (Wildman–Crippen MR) is 78.2 cm³/mol. The Labute approximate surface area is 123 Å². The lowest BCUT2D eigenvalue weighted by molar-refractivity contribution is -0.384. The number of non-ortho nitro benzene ring substituents is 1. The number of rotatable bonds is 5. The fraction of sp³-hybridized carbons (Fsp3) is 0.538. The topological polar surface area (TPSA) is 98.5 Å². The molecule has 1 aromatic rings. The molecule has 1 unspecified atom stereocenters. The number of ether oxygens (including phenoxy) is 1. The van der Waals surface area contributed by atoms with Crippen LogP contribution in [-0.2, 0) is 16.4 Å². The van der Waals surface area contributed by atoms with E-state index in [9.17, 15) is 18.5 Å². The van der Waals surface area contributed by atoms with Gasteiger partial charge in [-0.1, -0.05) is 0 Å². The van der Waals surface area contributed by atoms with Crippen molar-refractivity contribution in [2.75, 3.05) is 18.6 Å². The Kier molecular flexibility index (Phi) is 4.20. The monoisotopic (exact) mass is 314 g/mol. The average molecular weight is 314 g/mol. The van der Waals surface area contributed by atoms with Gasteiger partial charge in [-0.2, -0.15) is 0 Å². The minimum absolute atomic E-state index is 0.0169. The van der Waals surface area contributed by atoms with Crippen molar-refractivity contribution in [2.45, 2.75) is 25.4 Å². The summed E-state index contributed by atoms with van der Waals surface area (Å²) in [5.41, 5.74) is 0.114. The molecule has 0 aromatic heterocycles. The molecule has 0 radical (unpaired) electrons. The van der Waals surface area contributed by atoms with Crippen LogP contribution in [0.4, 0.5) is 5.69 Å². The summed E-state index contributed by atoms with van der Waals surface area (Å²) in [6.45, 7) is 2.16. The molecular formula is C13H18N2O5S. The molecule has 2 rings (SSSR count). The second-order valence-corrected chi connectivity index (χ2v) is 7.69. The van der Waals surface area contributed by atoms with E-state index in [2.05, 4.69) is 5.32 Å². The zero-order valence-electron chi connectivity index (χ0n) is 12.0. The number of nitrogens with zero attached hydrogens (tertiary/aromatic N) is 1. The second kappa shape index (κ2) is 5.61. The Morgan fingerprint density at radius 3 is 2.71 bits per heavy atom. The van der Waals surface area contributed by atoms with Gasteiger partial charge in [0.05, 0.1) is 23.5 Å². The summed E-state index contributed by atoms with van der Waals surface area (Å²) < 4.78 is 28.3. The number of nitro groups is 1. The van der Waals surface area contributed by atoms with Crippen molar-refractivity contribution in [3.63, 3.8) is 0 Å². The molecule has 7 nitrogen and oxygen atoms in total. The van der Waals surface area contributed by atoms with Crippen LogP contribution in [0.3, 0.4) is 0 Å². The van der Waals surface area contributed by atoms with Crippen molar-refractivity contribution in [1.82, 2.24) is 5.32 Å². The molecule has 8 heteroatoms. The number of sulfone groups is 1. The minimum atomic E-state index is -3.00. The van der Waals surface area contributed by atoms with Gasteiger partial charge in [-0.15, -0.1) is 0 Å². The van der Waals surface area contributed by atoms with Gasteiger partial charge < -0.3 is 10.1 Å². The van der Waals surface area contributed by atoms with Crippen LogP contribution in [0.5, 0.6) is 5.75 Å². The Bertz CT molecular complexity index is 659. The Morgan fingerprint density at radius 2 is 2.19 bits per heavy atom. The lowest BCUT2D eigenvalue weighted by Crippen LogP contribution is -2.42. The van der Waals surface area contributed by atoms with Crippen LogP contribution in [-0.4, -0.2) is 37.5 Å². The second-order valence-electron chi connectivity index (χ2n) is 5.51. The Morgan fingerprint density at radius 1 is 1.48 bits per heavy atom. The highest BCUT2D eigenvalue weighted by Crippen LogP contribution is 2.27. The predicted octanol–water partition coefficient (Wildman–Crippen LogP) is 1.27. The number of hydrogen-bond donors (Lipinski definition) is 1. The minimum Gasteiger partial charge on any atom is -0.496 e. The standard InChI is InChI=1S/C13H18N2O5S/c1-13(5-6-21(18,19)9-13)14-8-10-7-11(15(16)17)3-4-12(10)20-2/h3-4,7,14H,5-6,8-9H2,1-2H3. The summed E-state index contributed by atoms with van der Waals surface area (Å²) in [4.78, 5) is 10.4. The first kappa shape index (κ1) is 15.7. The highest BCUT2D eigenvalue weighted by Gasteiger charge is 2.37. The van der Waals surface area contributed by atoms with Gasteiger partial charge in [-0.3, -0.25) is 10.1 Å². The summed E-state index contributed by atoms with van der Waals surface area (Å²) in [6.07, 6.45) is 0.534. The van der Waals surface area contributed by atoms with Gasteiger partial charge in [0.25, 0.3) is 5.69 Å². The molecule has 0 amide bonds. The van der Waals surface area contributed by atoms with Crippen LogP contribution < -0.4 is 10.1 Å². The van der Waals surface area contributed by atoms with E-state index in [0.29, 0.717) is 24.3 Å². The van der Waals surface area contributed by atoms with Gasteiger partial charge >= 0.3 is 0 Å². The molecule has 0 saturated carbocycles. The van der Waals surface area contributed by atoms with E-state index in [0.717, 1.165) is 0 Å². The van der Waals surface area contributed by atoms with Gasteiger partial charge in [0.2, 0.25) is 0 Å². The molecule has 1 fully saturated rings. The molecule has 0 aliphatic carbocycles. The van der Waals surface area contributed by atoms with Crippen molar-refractivity contribution in [3.8, 4) is 5.75 Å². The van der Waals surface area contributed by atoms with Crippen LogP contribution in [0, 0.1) is 10.1 Å². The van der Waals surface area contributed by atoms with Gasteiger partial charge in [0, 0.05) is 29.8 Å². The van der Waals surface area contributed by atoms with Crippen molar-refractivity contribution in [2.24, 2.45) is 0 Å². The molecule has 21 heavy (non-hydrogen) atoms. The highest BCUT2D eigenvalue weighted by molar-refractivity contribution is 7.91. The molecule has 1 aliphatic heterocycles. The highest BCUT2D eigenvalue weighted by atomic mass is 32.2. The summed E-state index contributed by atoms with van der Waals surface area (Å²) in [5, 5.41) is 14.0. The summed E-state index contributed by atoms with van der Waals surface area (Å²) in [6, 6.07) is 4.37. The number of methoxy groups -OCH3 is 1. The zero-order chi connectivity index (χ0) is 15.7. The van der Waals surface area contributed by atoms with Gasteiger partial charge in [-0.25, -0.2) is 8.42 Å². The number of benzene rings is 1. The summed E-state index contributed by atoms with van der Waals surface area (Å²) >= 11 is 0. The first-order valence-electron chi connectivity index (χ1n) is 6.51. The van der Waals surface area contributed by atoms with E-state index in [1.54, 1.807) is 6.07 Å². The molecule has 0 bridgehead atoms. The Hall–Kier alpha value is -1.67. The van der Waals surface area contributed by atoms with Crippen LogP contribution in [0.15, 0.2) is 18.2 Å². The zero-order valence-corrected chi connectivity index (χ0v) is 12.8. The molecule has 116 valence electrons. The van der Waals surface area contributed by atoms with E-state index in [1.807, 2.05) is 6.92 Å². The average Bonchev–Trinajstić information content (AvgIpc) is 2.70. The van der Waals surface area contributed by atoms with Crippen molar-refractivity contribution >= 4 is 15.5 Å². The van der Waals surface area contributed by atoms with E-state index in [-0.39, 0.29) is 17.2 Å². The maximum atomic E-state index is 11.6. The Balaban J connectivity index is 2.16. The SMILES string of the molecule is COc1ccc([N+](=O)[O-])cc1CNC1(C)CCS(=O)(=O)C1. The molecule has 1 aromatic carbocycles. The van der Waals surface area contributed by atoms with E-state index in [4.69, 9.17) is 4.74 Å². The van der Waals surface area contributed by atoms with Crippen LogP contribution >= 0.6 is 0 Å². The van der Waals surface area contributed by atoms with Crippen LogP contribution in [0.1, 0.15) is 18.9 Å². The lowest BCUT2D eigenvalue weighted by atomic mass is 10.0. The third-order valence-electron chi connectivity index (χ3n) is 3.68. The first-order valence-corrected chi connectivity index (χ1v) is 8.34. The van der Waals surface area contributed by atoms with E-state index < -0.39 is 20.3 Å². The van der Waals surface area contributed by atoms with Gasteiger partial charge in [0.1, 0.15) is 5.75 Å². The first-order chi connectivity index (χ1) is 9.75. The molecule has 1 aliphatic rings. The summed E-state index contributed by atoms with van der Waals surface area (Å²) in [5.74, 6) is 0.789. The molecule has 1 heterocycles. The maximum Gasteiger partial charge on any atom is 0.270 e. The smallest absolute Gasteiger partial charge is 0.270 e. The normalized spacial score (nSPS) is 23.9. The largest absolute Gasteiger partial charge is 0.496 e. The van der Waals surface area contributed by atoms with Crippen LogP contribution in [0.2, 0.25) is 0 Å². The fourth-order valence-corrected chi connectivity index (χ4v) is 4.60. The molecule has 1 atom stereocenters. The van der Waals surface area contributed by atoms with Gasteiger partial charge in [-0.05, 0) is 19.4 Å². The molecular weight excluding hydrogens is 296 g/mol. The quantitative estimate of drug-likeness (QED) is 0.649. The lowest BCUT2D eigenvalue weighted by Gasteiger charge is -2.24. The van der Waals surface area contributed by atoms with E-state index in [1.165, 1.54) is 19.2 Å². The fourth-order valence-electron chi connectivity index (χ4n) is 2.48. The van der Waals surface area contributed by atoms with Crippen molar-refractivity contribution in [3.05, 3.63) is 33.9 Å². The third kappa shape index (κ3) is 3.70. The molecule has 1 saturated heterocycles. The van der Waals surface area contributed by atoms with Crippen molar-refractivity contribution in [1.29, 1.82) is 0 Å². The molecule has 0 spiro atoms. The van der Waals surface area contributed by atoms with Crippen LogP contribution in [0.25, 0.3) is 0 Å². The van der Waals surface area contributed by atoms with Gasteiger partial charge in [0.15, 0.2) is 9.84 Å². The maximum absolute atomic E-state index is 11.6. The number of nitro benzene ring substituents is 1. The summed E-state index contributed by atoms with van der Waals surface area (Å²) in [7, 11) is -1.51.